The molecule has 1 amide bonds. The lowest BCUT2D eigenvalue weighted by atomic mass is 10.00. The first-order valence-electron chi connectivity index (χ1n) is 11.8. The Bertz CT molecular complexity index is 1700. The fourth-order valence-corrected chi connectivity index (χ4v) is 4.74. The predicted octanol–water partition coefficient (Wildman–Crippen LogP) is 4.69. The first-order chi connectivity index (χ1) is 17.2. The number of nitrogens with one attached hydrogen (secondary N) is 2. The van der Waals surface area contributed by atoms with Gasteiger partial charge in [-0.2, -0.15) is 0 Å². The quantitative estimate of drug-likeness (QED) is 0.287. The number of carboxylic acids is 1. The number of fused-ring (bicyclic) bond motifs is 3. The maximum atomic E-state index is 12.7. The van der Waals surface area contributed by atoms with Crippen LogP contribution in [0.5, 0.6) is 0 Å². The molecule has 5 rings (SSSR count). The maximum Gasteiger partial charge on any atom is 0.339 e. The minimum Gasteiger partial charge on any atom is -0.480 e. The summed E-state index contributed by atoms with van der Waals surface area (Å²) < 4.78 is 11.3. The van der Waals surface area contributed by atoms with E-state index in [9.17, 15) is 19.5 Å². The number of furan rings is 1. The van der Waals surface area contributed by atoms with E-state index in [-0.39, 0.29) is 19.3 Å². The van der Waals surface area contributed by atoms with Crippen LogP contribution in [0.4, 0.5) is 0 Å². The number of aryl methyl sites for hydroxylation is 3. The molecule has 0 aliphatic heterocycles. The SMILES string of the molecule is Cc1oc2cc3oc(=O)c(CCC(=O)N[C@@H](Cc4c[nH]c5ccccc45)C(=O)O)c(C)c3cc2c1C. The zero-order chi connectivity index (χ0) is 25.6. The standard InChI is InChI=1S/C28H26N2O6/c1-14-16(3)35-24-12-25-21(11-20(14)24)15(2)18(28(34)36-25)8-9-26(31)30-23(27(32)33)10-17-13-29-22-7-5-4-6-19(17)22/h4-7,11-13,23,29H,8-10H2,1-3H3,(H,30,31)(H,32,33)/t23-/m0/s1. The van der Waals surface area contributed by atoms with Gasteiger partial charge in [0.15, 0.2) is 0 Å². The van der Waals surface area contributed by atoms with E-state index in [1.165, 1.54) is 0 Å². The first-order valence-corrected chi connectivity index (χ1v) is 11.8. The van der Waals surface area contributed by atoms with E-state index in [0.29, 0.717) is 16.7 Å². The first kappa shape index (κ1) is 23.4. The summed E-state index contributed by atoms with van der Waals surface area (Å²) in [5.74, 6) is -0.763. The van der Waals surface area contributed by atoms with Crippen LogP contribution in [0.1, 0.15) is 34.4 Å². The Morgan fingerprint density at radius 2 is 1.72 bits per heavy atom. The zero-order valence-corrected chi connectivity index (χ0v) is 20.2. The van der Waals surface area contributed by atoms with E-state index < -0.39 is 23.5 Å². The minimum absolute atomic E-state index is 0.0408. The van der Waals surface area contributed by atoms with E-state index in [1.807, 2.05) is 51.1 Å². The molecule has 36 heavy (non-hydrogen) atoms. The second kappa shape index (κ2) is 9.03. The highest BCUT2D eigenvalue weighted by Gasteiger charge is 2.23. The number of amides is 1. The van der Waals surface area contributed by atoms with Crippen LogP contribution >= 0.6 is 0 Å². The molecular weight excluding hydrogens is 460 g/mol. The normalized spacial score (nSPS) is 12.4. The number of H-pyrrole nitrogens is 1. The fourth-order valence-electron chi connectivity index (χ4n) is 4.74. The Balaban J connectivity index is 1.34. The van der Waals surface area contributed by atoms with Crippen LogP contribution in [0.25, 0.3) is 32.8 Å². The lowest BCUT2D eigenvalue weighted by Gasteiger charge is -2.14. The number of carbonyl (C=O) groups is 2. The van der Waals surface area contributed by atoms with Crippen LogP contribution in [0, 0.1) is 20.8 Å². The molecule has 8 nitrogen and oxygen atoms in total. The summed E-state index contributed by atoms with van der Waals surface area (Å²) in [6.45, 7) is 5.69. The van der Waals surface area contributed by atoms with Crippen LogP contribution in [-0.4, -0.2) is 28.0 Å². The molecule has 0 fully saturated rings. The Kier molecular flexibility index (Phi) is 5.88. The van der Waals surface area contributed by atoms with Gasteiger partial charge in [0, 0.05) is 52.3 Å². The van der Waals surface area contributed by atoms with Gasteiger partial charge in [0.25, 0.3) is 0 Å². The third kappa shape index (κ3) is 4.15. The predicted molar refractivity (Wildman–Crippen MR) is 136 cm³/mol. The molecule has 8 heteroatoms. The molecule has 0 aliphatic carbocycles. The molecule has 0 radical (unpaired) electrons. The van der Waals surface area contributed by atoms with Crippen molar-refractivity contribution in [1.29, 1.82) is 0 Å². The number of para-hydroxylation sites is 1. The molecular formula is C28H26N2O6. The number of rotatable bonds is 7. The highest BCUT2D eigenvalue weighted by molar-refractivity contribution is 5.97. The summed E-state index contributed by atoms with van der Waals surface area (Å²) in [6.07, 6.45) is 2.00. The van der Waals surface area contributed by atoms with Crippen LogP contribution in [0.3, 0.4) is 0 Å². The zero-order valence-electron chi connectivity index (χ0n) is 20.2. The summed E-state index contributed by atoms with van der Waals surface area (Å²) in [4.78, 5) is 40.4. The Morgan fingerprint density at radius 3 is 2.50 bits per heavy atom. The number of aromatic nitrogens is 1. The fraction of sp³-hybridized carbons (Fsp3) is 0.250. The third-order valence-corrected chi connectivity index (χ3v) is 6.92. The van der Waals surface area contributed by atoms with Gasteiger partial charge in [-0.05, 0) is 56.0 Å². The summed E-state index contributed by atoms with van der Waals surface area (Å²) in [6, 6.07) is 10.2. The average molecular weight is 487 g/mol. The van der Waals surface area contributed by atoms with Gasteiger partial charge >= 0.3 is 11.6 Å². The van der Waals surface area contributed by atoms with E-state index in [1.54, 1.807) is 12.3 Å². The molecule has 0 spiro atoms. The van der Waals surface area contributed by atoms with Crippen molar-refractivity contribution < 1.29 is 23.5 Å². The topological polar surface area (TPSA) is 126 Å². The van der Waals surface area contributed by atoms with Gasteiger partial charge in [-0.15, -0.1) is 0 Å². The van der Waals surface area contributed by atoms with Crippen molar-refractivity contribution in [1.82, 2.24) is 10.3 Å². The van der Waals surface area contributed by atoms with Crippen molar-refractivity contribution in [3.8, 4) is 0 Å². The summed E-state index contributed by atoms with van der Waals surface area (Å²) in [5.41, 5.74) is 4.44. The van der Waals surface area contributed by atoms with Crippen molar-refractivity contribution in [2.45, 2.75) is 46.1 Å². The van der Waals surface area contributed by atoms with Gasteiger partial charge < -0.3 is 24.2 Å². The number of carbonyl (C=O) groups excluding carboxylic acids is 1. The molecule has 1 atom stereocenters. The average Bonchev–Trinajstić information content (AvgIpc) is 3.37. The second-order valence-electron chi connectivity index (χ2n) is 9.14. The Morgan fingerprint density at radius 1 is 1.00 bits per heavy atom. The number of aromatic amines is 1. The van der Waals surface area contributed by atoms with Crippen molar-refractivity contribution in [2.24, 2.45) is 0 Å². The molecule has 3 heterocycles. The number of hydrogen-bond acceptors (Lipinski definition) is 5. The van der Waals surface area contributed by atoms with Crippen LogP contribution in [0.15, 0.2) is 56.2 Å². The molecule has 3 N–H and O–H groups in total. The van der Waals surface area contributed by atoms with E-state index in [2.05, 4.69) is 10.3 Å². The summed E-state index contributed by atoms with van der Waals surface area (Å²) >= 11 is 0. The van der Waals surface area contributed by atoms with Crippen LogP contribution < -0.4 is 10.9 Å². The molecule has 0 bridgehead atoms. The largest absolute Gasteiger partial charge is 0.480 e. The maximum absolute atomic E-state index is 12.7. The van der Waals surface area contributed by atoms with Crippen LogP contribution in [0.2, 0.25) is 0 Å². The molecule has 5 aromatic rings. The molecule has 2 aromatic carbocycles. The highest BCUT2D eigenvalue weighted by atomic mass is 16.4. The number of aliphatic carboxylic acids is 1. The van der Waals surface area contributed by atoms with Gasteiger partial charge in [-0.1, -0.05) is 18.2 Å². The van der Waals surface area contributed by atoms with Gasteiger partial charge in [0.05, 0.1) is 0 Å². The lowest BCUT2D eigenvalue weighted by molar-refractivity contribution is -0.141. The van der Waals surface area contributed by atoms with Crippen molar-refractivity contribution >= 4 is 44.7 Å². The second-order valence-corrected chi connectivity index (χ2v) is 9.14. The Labute approximate surface area is 205 Å². The molecule has 0 aliphatic rings. The van der Waals surface area contributed by atoms with Gasteiger partial charge in [-0.3, -0.25) is 4.79 Å². The smallest absolute Gasteiger partial charge is 0.339 e. The highest BCUT2D eigenvalue weighted by Crippen LogP contribution is 2.31. The molecule has 0 unspecified atom stereocenters. The Hall–Kier alpha value is -4.33. The molecule has 0 saturated carbocycles. The van der Waals surface area contributed by atoms with E-state index >= 15 is 0 Å². The van der Waals surface area contributed by atoms with Crippen molar-refractivity contribution in [3.63, 3.8) is 0 Å². The molecule has 184 valence electrons. The minimum atomic E-state index is -1.12. The number of hydrogen-bond donors (Lipinski definition) is 3. The molecule has 3 aromatic heterocycles. The van der Waals surface area contributed by atoms with Crippen molar-refractivity contribution in [2.75, 3.05) is 0 Å². The van der Waals surface area contributed by atoms with Crippen molar-refractivity contribution in [3.05, 3.63) is 81.0 Å². The number of benzene rings is 2. The lowest BCUT2D eigenvalue weighted by Crippen LogP contribution is -2.42. The summed E-state index contributed by atoms with van der Waals surface area (Å²) in [7, 11) is 0. The molecule has 0 saturated heterocycles. The summed E-state index contributed by atoms with van der Waals surface area (Å²) in [5, 5.41) is 14.9. The number of carboxylic acid groups (broad SMARTS) is 1. The van der Waals surface area contributed by atoms with Gasteiger partial charge in [0.2, 0.25) is 5.91 Å². The van der Waals surface area contributed by atoms with E-state index in [4.69, 9.17) is 8.83 Å². The van der Waals surface area contributed by atoms with Gasteiger partial charge in [0.1, 0.15) is 23.0 Å². The van der Waals surface area contributed by atoms with Gasteiger partial charge in [-0.25, -0.2) is 9.59 Å². The monoisotopic (exact) mass is 486 g/mol. The third-order valence-electron chi connectivity index (χ3n) is 6.92. The van der Waals surface area contributed by atoms with E-state index in [0.717, 1.165) is 44.1 Å². The van der Waals surface area contributed by atoms with Crippen LogP contribution in [-0.2, 0) is 22.4 Å².